The van der Waals surface area contributed by atoms with Gasteiger partial charge < -0.3 is 15.1 Å². The Balaban J connectivity index is 1.54. The van der Waals surface area contributed by atoms with Crippen LogP contribution in [-0.2, 0) is 6.42 Å². The van der Waals surface area contributed by atoms with Crippen LogP contribution in [0.1, 0.15) is 30.4 Å². The maximum atomic E-state index is 10.5. The second kappa shape index (κ2) is 9.69. The standard InChI is InChI=1S/C25H35NO2/c1-18-7-6-9-19(13-18)15-22(27)10-11-23-24-16-20(8-4-5-12-26(2)3)14-21(24)17-25(23)28/h4,6-11,13-14,21-25,27-28H,5,12,15-17H2,1-3H3/b8-4-,11-10+/t21-,22+,23+,24-,25+/m0/s1. The van der Waals surface area contributed by atoms with Crippen LogP contribution in [0.2, 0.25) is 0 Å². The molecule has 0 heterocycles. The fraction of sp³-hybridized carbons (Fsp3) is 0.520. The molecular formula is C25H35NO2. The highest BCUT2D eigenvalue weighted by molar-refractivity contribution is 5.29. The van der Waals surface area contributed by atoms with Crippen molar-refractivity contribution < 1.29 is 10.2 Å². The van der Waals surface area contributed by atoms with Crippen LogP contribution in [0.3, 0.4) is 0 Å². The molecule has 1 aromatic carbocycles. The summed E-state index contributed by atoms with van der Waals surface area (Å²) in [5, 5.41) is 20.9. The quantitative estimate of drug-likeness (QED) is 0.671. The molecule has 2 aliphatic rings. The van der Waals surface area contributed by atoms with Crippen molar-refractivity contribution in [2.24, 2.45) is 17.8 Å². The molecule has 0 unspecified atom stereocenters. The van der Waals surface area contributed by atoms with Gasteiger partial charge in [-0.2, -0.15) is 0 Å². The Morgan fingerprint density at radius 3 is 2.86 bits per heavy atom. The molecule has 1 saturated carbocycles. The predicted molar refractivity (Wildman–Crippen MR) is 116 cm³/mol. The van der Waals surface area contributed by atoms with Crippen LogP contribution in [0.25, 0.3) is 0 Å². The number of aryl methyl sites for hydroxylation is 1. The Morgan fingerprint density at radius 2 is 2.11 bits per heavy atom. The van der Waals surface area contributed by atoms with Crippen molar-refractivity contribution in [1.82, 2.24) is 4.90 Å². The number of aliphatic hydroxyl groups is 2. The zero-order chi connectivity index (χ0) is 20.1. The minimum Gasteiger partial charge on any atom is -0.392 e. The number of aliphatic hydroxyl groups excluding tert-OH is 2. The summed E-state index contributed by atoms with van der Waals surface area (Å²) in [4.78, 5) is 2.20. The summed E-state index contributed by atoms with van der Waals surface area (Å²) in [5.41, 5.74) is 3.76. The third-order valence-corrected chi connectivity index (χ3v) is 6.06. The number of hydrogen-bond acceptors (Lipinski definition) is 3. The molecule has 0 amide bonds. The van der Waals surface area contributed by atoms with Crippen molar-refractivity contribution in [3.05, 3.63) is 71.3 Å². The summed E-state index contributed by atoms with van der Waals surface area (Å²) in [6.07, 6.45) is 13.6. The van der Waals surface area contributed by atoms with E-state index >= 15 is 0 Å². The first kappa shape index (κ1) is 21.0. The molecule has 3 heteroatoms. The van der Waals surface area contributed by atoms with Crippen molar-refractivity contribution in [3.63, 3.8) is 0 Å². The van der Waals surface area contributed by atoms with Crippen LogP contribution in [-0.4, -0.2) is 48.0 Å². The summed E-state index contributed by atoms with van der Waals surface area (Å²) >= 11 is 0. The lowest BCUT2D eigenvalue weighted by Crippen LogP contribution is -2.18. The van der Waals surface area contributed by atoms with Gasteiger partial charge in [-0.05, 0) is 57.7 Å². The number of benzene rings is 1. The minimum absolute atomic E-state index is 0.140. The van der Waals surface area contributed by atoms with E-state index in [2.05, 4.69) is 68.4 Å². The molecule has 3 nitrogen and oxygen atoms in total. The van der Waals surface area contributed by atoms with Crippen molar-refractivity contribution in [2.45, 2.75) is 44.8 Å². The van der Waals surface area contributed by atoms with Crippen LogP contribution in [0, 0.1) is 24.7 Å². The van der Waals surface area contributed by atoms with Gasteiger partial charge in [0.25, 0.3) is 0 Å². The SMILES string of the molecule is Cc1cccc(C[C@H](O)/C=C/[C@@H]2[C@H]3CC(/C=C\CCN(C)C)=C[C@H]3C[C@H]2O)c1. The van der Waals surface area contributed by atoms with Crippen LogP contribution in [0.15, 0.2) is 60.2 Å². The highest BCUT2D eigenvalue weighted by atomic mass is 16.3. The second-order valence-corrected chi connectivity index (χ2v) is 8.79. The summed E-state index contributed by atoms with van der Waals surface area (Å²) < 4.78 is 0. The van der Waals surface area contributed by atoms with Gasteiger partial charge in [0, 0.05) is 18.9 Å². The molecule has 0 spiro atoms. The highest BCUT2D eigenvalue weighted by Gasteiger charge is 2.42. The summed E-state index contributed by atoms with van der Waals surface area (Å²) in [6.45, 7) is 3.14. The van der Waals surface area contributed by atoms with Crippen LogP contribution < -0.4 is 0 Å². The Morgan fingerprint density at radius 1 is 1.29 bits per heavy atom. The minimum atomic E-state index is -0.507. The summed E-state index contributed by atoms with van der Waals surface area (Å²) in [7, 11) is 4.19. The highest BCUT2D eigenvalue weighted by Crippen LogP contribution is 2.47. The Kier molecular flexibility index (Phi) is 7.28. The number of fused-ring (bicyclic) bond motifs is 1. The first-order chi connectivity index (χ1) is 13.4. The van der Waals surface area contributed by atoms with Gasteiger partial charge in [0.15, 0.2) is 0 Å². The zero-order valence-corrected chi connectivity index (χ0v) is 17.5. The third-order valence-electron chi connectivity index (χ3n) is 6.06. The number of nitrogens with zero attached hydrogens (tertiary/aromatic N) is 1. The van der Waals surface area contributed by atoms with Crippen molar-refractivity contribution >= 4 is 0 Å². The number of rotatable bonds is 8. The van der Waals surface area contributed by atoms with Gasteiger partial charge in [0.1, 0.15) is 0 Å². The van der Waals surface area contributed by atoms with Gasteiger partial charge in [-0.15, -0.1) is 0 Å². The van der Waals surface area contributed by atoms with Gasteiger partial charge in [-0.3, -0.25) is 0 Å². The molecule has 0 aromatic heterocycles. The van der Waals surface area contributed by atoms with E-state index in [-0.39, 0.29) is 12.0 Å². The normalized spacial score (nSPS) is 28.4. The van der Waals surface area contributed by atoms with Gasteiger partial charge >= 0.3 is 0 Å². The Labute approximate surface area is 170 Å². The molecule has 0 aliphatic heterocycles. The van der Waals surface area contributed by atoms with Gasteiger partial charge in [0.2, 0.25) is 0 Å². The predicted octanol–water partition coefficient (Wildman–Crippen LogP) is 3.91. The van der Waals surface area contributed by atoms with E-state index in [0.717, 1.165) is 31.4 Å². The molecule has 1 fully saturated rings. The van der Waals surface area contributed by atoms with Gasteiger partial charge in [0.05, 0.1) is 12.2 Å². The molecule has 5 atom stereocenters. The lowest BCUT2D eigenvalue weighted by atomic mass is 9.89. The van der Waals surface area contributed by atoms with E-state index in [1.54, 1.807) is 0 Å². The molecule has 152 valence electrons. The second-order valence-electron chi connectivity index (χ2n) is 8.79. The lowest BCUT2D eigenvalue weighted by molar-refractivity contribution is 0.140. The van der Waals surface area contributed by atoms with E-state index in [9.17, 15) is 10.2 Å². The van der Waals surface area contributed by atoms with Crippen molar-refractivity contribution in [3.8, 4) is 0 Å². The summed E-state index contributed by atoms with van der Waals surface area (Å²) in [6, 6.07) is 8.28. The smallest absolute Gasteiger partial charge is 0.0761 e. The van der Waals surface area contributed by atoms with E-state index in [1.165, 1.54) is 11.1 Å². The molecular weight excluding hydrogens is 346 g/mol. The lowest BCUT2D eigenvalue weighted by Gasteiger charge is -2.18. The molecule has 0 radical (unpaired) electrons. The fourth-order valence-electron chi connectivity index (χ4n) is 4.64. The molecule has 3 rings (SSSR count). The van der Waals surface area contributed by atoms with Gasteiger partial charge in [-0.25, -0.2) is 0 Å². The Hall–Kier alpha value is -1.68. The van der Waals surface area contributed by atoms with E-state index in [4.69, 9.17) is 0 Å². The monoisotopic (exact) mass is 381 g/mol. The number of allylic oxidation sites excluding steroid dienone is 3. The average molecular weight is 382 g/mol. The average Bonchev–Trinajstić information content (AvgIpc) is 3.13. The topological polar surface area (TPSA) is 43.7 Å². The maximum absolute atomic E-state index is 10.5. The van der Waals surface area contributed by atoms with E-state index < -0.39 is 6.10 Å². The zero-order valence-electron chi connectivity index (χ0n) is 17.5. The van der Waals surface area contributed by atoms with E-state index in [0.29, 0.717) is 18.3 Å². The van der Waals surface area contributed by atoms with Crippen molar-refractivity contribution in [1.29, 1.82) is 0 Å². The van der Waals surface area contributed by atoms with Crippen LogP contribution in [0.4, 0.5) is 0 Å². The fourth-order valence-corrected chi connectivity index (χ4v) is 4.64. The first-order valence-electron chi connectivity index (χ1n) is 10.5. The molecule has 0 bridgehead atoms. The van der Waals surface area contributed by atoms with Crippen LogP contribution >= 0.6 is 0 Å². The van der Waals surface area contributed by atoms with Crippen molar-refractivity contribution in [2.75, 3.05) is 20.6 Å². The first-order valence-corrected chi connectivity index (χ1v) is 10.5. The molecule has 1 aromatic rings. The Bertz CT molecular complexity index is 734. The number of hydrogen-bond donors (Lipinski definition) is 2. The largest absolute Gasteiger partial charge is 0.392 e. The molecule has 2 aliphatic carbocycles. The van der Waals surface area contributed by atoms with Gasteiger partial charge in [-0.1, -0.05) is 65.8 Å². The van der Waals surface area contributed by atoms with Crippen LogP contribution in [0.5, 0.6) is 0 Å². The third kappa shape index (κ3) is 5.66. The summed E-state index contributed by atoms with van der Waals surface area (Å²) in [5.74, 6) is 1.07. The maximum Gasteiger partial charge on any atom is 0.0761 e. The molecule has 0 saturated heterocycles. The molecule has 28 heavy (non-hydrogen) atoms. The van der Waals surface area contributed by atoms with E-state index in [1.807, 2.05) is 12.1 Å². The molecule has 2 N–H and O–H groups in total.